The molecule has 0 bridgehead atoms. The molecule has 1 atom stereocenters. The van der Waals surface area contributed by atoms with Crippen LogP contribution in [0.3, 0.4) is 0 Å². The summed E-state index contributed by atoms with van der Waals surface area (Å²) in [5, 5.41) is 0. The third-order valence-electron chi connectivity index (χ3n) is 2.96. The molecule has 1 saturated heterocycles. The predicted octanol–water partition coefficient (Wildman–Crippen LogP) is 4.25. The fourth-order valence-electron chi connectivity index (χ4n) is 1.88. The molecule has 0 aliphatic carbocycles. The predicted molar refractivity (Wildman–Crippen MR) is 101 cm³/mol. The van der Waals surface area contributed by atoms with Crippen LogP contribution in [0.4, 0.5) is 0 Å². The van der Waals surface area contributed by atoms with Gasteiger partial charge >= 0.3 is 7.87 Å². The Labute approximate surface area is 139 Å². The van der Waals surface area contributed by atoms with Crippen LogP contribution in [0.1, 0.15) is 61.8 Å². The summed E-state index contributed by atoms with van der Waals surface area (Å²) in [6.45, 7) is 20.4. The summed E-state index contributed by atoms with van der Waals surface area (Å²) in [6, 6.07) is 0.767. The Morgan fingerprint density at radius 3 is 1.64 bits per heavy atom. The Bertz CT molecular complexity index is 290. The van der Waals surface area contributed by atoms with Gasteiger partial charge in [0.05, 0.1) is 7.11 Å². The maximum Gasteiger partial charge on any atom is 0.391 e. The summed E-state index contributed by atoms with van der Waals surface area (Å²) >= 11 is 0. The van der Waals surface area contributed by atoms with Gasteiger partial charge in [-0.15, -0.1) is 0 Å². The van der Waals surface area contributed by atoms with E-state index in [0.29, 0.717) is 12.1 Å². The molecule has 5 nitrogen and oxygen atoms in total. The van der Waals surface area contributed by atoms with E-state index >= 15 is 0 Å². The third-order valence-corrected chi connectivity index (χ3v) is 4.20. The zero-order valence-electron chi connectivity index (χ0n) is 16.4. The van der Waals surface area contributed by atoms with Gasteiger partial charge in [-0.3, -0.25) is 0 Å². The van der Waals surface area contributed by atoms with Crippen LogP contribution in [0.5, 0.6) is 0 Å². The lowest BCUT2D eigenvalue weighted by molar-refractivity contribution is 0.358. The average Bonchev–Trinajstić information content (AvgIpc) is 2.85. The van der Waals surface area contributed by atoms with E-state index in [9.17, 15) is 4.89 Å². The molecule has 1 aliphatic rings. The Morgan fingerprint density at radius 1 is 1.09 bits per heavy atom. The molecule has 1 fully saturated rings. The summed E-state index contributed by atoms with van der Waals surface area (Å²) in [6.07, 6.45) is 1.25. The van der Waals surface area contributed by atoms with Crippen molar-refractivity contribution in [3.05, 3.63) is 0 Å². The van der Waals surface area contributed by atoms with Gasteiger partial charge in [-0.25, -0.2) is 0 Å². The minimum Gasteiger partial charge on any atom is -0.335 e. The van der Waals surface area contributed by atoms with Crippen molar-refractivity contribution >= 4 is 13.8 Å². The fraction of sp³-hybridized carbons (Fsp3) is 0.938. The summed E-state index contributed by atoms with van der Waals surface area (Å²) in [5.74, 6) is 0.871. The topological polar surface area (TPSA) is 48.3 Å². The quantitative estimate of drug-likeness (QED) is 0.780. The fourth-order valence-corrected chi connectivity index (χ4v) is 2.52. The highest BCUT2D eigenvalue weighted by molar-refractivity contribution is 7.63. The van der Waals surface area contributed by atoms with Gasteiger partial charge in [0.2, 0.25) is 5.96 Å². The molecule has 0 spiro atoms. The van der Waals surface area contributed by atoms with Gasteiger partial charge in [-0.05, 0) is 32.5 Å². The first-order valence-electron chi connectivity index (χ1n) is 8.48. The molecule has 0 aromatic rings. The lowest BCUT2D eigenvalue weighted by Gasteiger charge is -2.27. The minimum absolute atomic E-state index is 0.384. The van der Waals surface area contributed by atoms with Crippen molar-refractivity contribution in [1.29, 1.82) is 0 Å². The summed E-state index contributed by atoms with van der Waals surface area (Å²) in [5.41, 5.74) is 0. The highest BCUT2D eigenvalue weighted by Gasteiger charge is 2.38. The smallest absolute Gasteiger partial charge is 0.335 e. The highest BCUT2D eigenvalue weighted by atomic mass is 31.2. The standard InChI is InChI=1S/C11H25N3O2P.C3H8.C2H6/c1-9(2)13-7-8-14(10(3)4)11(13)12-17(6,15)16-5;1-3-2;1-2/h9-10,15H,7-8H2,1-6H3;3H2,1-2H3;1-2H3/q+1;;. The number of guanidine groups is 1. The largest absolute Gasteiger partial charge is 0.391 e. The van der Waals surface area contributed by atoms with Crippen LogP contribution in [0.15, 0.2) is 4.76 Å². The monoisotopic (exact) mass is 336 g/mol. The first-order valence-corrected chi connectivity index (χ1v) is 10.5. The van der Waals surface area contributed by atoms with E-state index in [0.717, 1.165) is 19.0 Å². The number of nitrogens with zero attached hydrogens (tertiary/aromatic N) is 3. The molecular weight excluding hydrogens is 297 g/mol. The molecule has 1 heterocycles. The van der Waals surface area contributed by atoms with Gasteiger partial charge in [0.25, 0.3) is 0 Å². The van der Waals surface area contributed by atoms with Crippen molar-refractivity contribution in [1.82, 2.24) is 9.80 Å². The van der Waals surface area contributed by atoms with Crippen molar-refractivity contribution in [2.45, 2.75) is 73.9 Å². The van der Waals surface area contributed by atoms with Crippen LogP contribution in [0, 0.1) is 0 Å². The van der Waals surface area contributed by atoms with Gasteiger partial charge in [0.15, 0.2) is 0 Å². The normalized spacial score (nSPS) is 16.9. The second kappa shape index (κ2) is 12.1. The van der Waals surface area contributed by atoms with Gasteiger partial charge in [-0.1, -0.05) is 34.1 Å². The number of rotatable bonds is 4. The Hall–Kier alpha value is -0.380. The molecular formula is C16H39N3O2P+. The summed E-state index contributed by atoms with van der Waals surface area (Å²) < 4.78 is 9.53. The summed E-state index contributed by atoms with van der Waals surface area (Å²) in [7, 11) is -1.12. The maximum absolute atomic E-state index is 10.0. The lowest BCUT2D eigenvalue weighted by atomic mass is 10.3. The van der Waals surface area contributed by atoms with E-state index in [1.807, 2.05) is 13.8 Å². The van der Waals surface area contributed by atoms with E-state index in [-0.39, 0.29) is 0 Å². The molecule has 0 saturated carbocycles. The van der Waals surface area contributed by atoms with E-state index in [2.05, 4.69) is 56.1 Å². The van der Waals surface area contributed by atoms with Crippen LogP contribution < -0.4 is 0 Å². The first kappa shape index (κ1) is 23.9. The van der Waals surface area contributed by atoms with Crippen LogP contribution in [-0.2, 0) is 4.52 Å². The highest BCUT2D eigenvalue weighted by Crippen LogP contribution is 2.53. The van der Waals surface area contributed by atoms with Crippen LogP contribution >= 0.6 is 7.87 Å². The molecule has 22 heavy (non-hydrogen) atoms. The zero-order chi connectivity index (χ0) is 17.9. The zero-order valence-corrected chi connectivity index (χ0v) is 17.3. The van der Waals surface area contributed by atoms with Gasteiger partial charge in [0.1, 0.15) is 6.66 Å². The molecule has 0 radical (unpaired) electrons. The van der Waals surface area contributed by atoms with Crippen molar-refractivity contribution in [3.63, 3.8) is 0 Å². The first-order chi connectivity index (χ1) is 10.2. The minimum atomic E-state index is -2.62. The van der Waals surface area contributed by atoms with Gasteiger partial charge in [-0.2, -0.15) is 9.42 Å². The average molecular weight is 336 g/mol. The molecule has 0 aromatic carbocycles. The van der Waals surface area contributed by atoms with Crippen molar-refractivity contribution < 1.29 is 9.42 Å². The van der Waals surface area contributed by atoms with Crippen LogP contribution in [0.25, 0.3) is 0 Å². The molecule has 134 valence electrons. The number of hydrogen-bond donors (Lipinski definition) is 1. The Kier molecular flexibility index (Phi) is 13.1. The second-order valence-corrected chi connectivity index (χ2v) is 7.94. The Morgan fingerprint density at radius 2 is 1.41 bits per heavy atom. The molecule has 1 N–H and O–H groups in total. The molecule has 0 aromatic heterocycles. The van der Waals surface area contributed by atoms with Crippen LogP contribution in [-0.4, -0.2) is 59.6 Å². The van der Waals surface area contributed by atoms with Gasteiger partial charge < -0.3 is 9.80 Å². The van der Waals surface area contributed by atoms with Crippen molar-refractivity contribution in [2.24, 2.45) is 4.76 Å². The SMILES string of the molecule is CC.CCC.CO[P+](C)(O)N=C1N(C(C)C)CCN1C(C)C. The molecule has 0 amide bonds. The van der Waals surface area contributed by atoms with Gasteiger partial charge in [0, 0.05) is 25.2 Å². The molecule has 1 rings (SSSR count). The van der Waals surface area contributed by atoms with Crippen LogP contribution in [0.2, 0.25) is 0 Å². The van der Waals surface area contributed by atoms with E-state index in [1.165, 1.54) is 13.5 Å². The Balaban J connectivity index is 0. The molecule has 6 heteroatoms. The summed E-state index contributed by atoms with van der Waals surface area (Å²) in [4.78, 5) is 14.5. The van der Waals surface area contributed by atoms with E-state index < -0.39 is 7.87 Å². The molecule has 1 unspecified atom stereocenters. The molecule has 1 aliphatic heterocycles. The third kappa shape index (κ3) is 8.30. The second-order valence-electron chi connectivity index (χ2n) is 5.70. The lowest BCUT2D eigenvalue weighted by Crippen LogP contribution is -2.40. The number of hydrogen-bond acceptors (Lipinski definition) is 3. The van der Waals surface area contributed by atoms with E-state index in [4.69, 9.17) is 4.52 Å². The maximum atomic E-state index is 10.0. The van der Waals surface area contributed by atoms with Crippen molar-refractivity contribution in [2.75, 3.05) is 26.9 Å². The van der Waals surface area contributed by atoms with E-state index in [1.54, 1.807) is 6.66 Å². The van der Waals surface area contributed by atoms with Crippen molar-refractivity contribution in [3.8, 4) is 0 Å².